The second-order valence-corrected chi connectivity index (χ2v) is 4.89. The molecule has 5 heteroatoms. The number of methoxy groups -OCH3 is 2. The van der Waals surface area contributed by atoms with E-state index in [9.17, 15) is 9.90 Å². The molecule has 2 aromatic rings. The van der Waals surface area contributed by atoms with Gasteiger partial charge in [-0.05, 0) is 47.0 Å². The molecule has 0 aromatic heterocycles. The highest BCUT2D eigenvalue weighted by Crippen LogP contribution is 2.33. The lowest BCUT2D eigenvalue weighted by Gasteiger charge is -2.13. The van der Waals surface area contributed by atoms with E-state index in [1.165, 1.54) is 14.2 Å². The molecular formula is C17H14ClO4-. The Hall–Kier alpha value is -2.46. The van der Waals surface area contributed by atoms with Crippen LogP contribution in [0.25, 0.3) is 5.57 Å². The molecule has 0 spiro atoms. The smallest absolute Gasteiger partial charge is 0.161 e. The first-order chi connectivity index (χ1) is 10.5. The summed E-state index contributed by atoms with van der Waals surface area (Å²) in [6.07, 6.45) is 1.05. The number of benzene rings is 2. The highest BCUT2D eigenvalue weighted by atomic mass is 35.5. The summed E-state index contributed by atoms with van der Waals surface area (Å²) < 4.78 is 10.4. The third kappa shape index (κ3) is 3.59. The number of carboxylic acids is 1. The number of rotatable bonds is 5. The van der Waals surface area contributed by atoms with Crippen molar-refractivity contribution in [2.24, 2.45) is 0 Å². The van der Waals surface area contributed by atoms with E-state index in [0.717, 1.165) is 6.08 Å². The fraction of sp³-hybridized carbons (Fsp3) is 0.118. The lowest BCUT2D eigenvalue weighted by Crippen LogP contribution is -2.19. The van der Waals surface area contributed by atoms with Gasteiger partial charge in [-0.1, -0.05) is 29.8 Å². The van der Waals surface area contributed by atoms with E-state index in [2.05, 4.69) is 0 Å². The molecule has 2 aromatic carbocycles. The van der Waals surface area contributed by atoms with Crippen LogP contribution in [0.2, 0.25) is 5.02 Å². The Balaban J connectivity index is 2.55. The molecular weight excluding hydrogens is 304 g/mol. The molecule has 0 unspecified atom stereocenters. The van der Waals surface area contributed by atoms with Crippen LogP contribution in [0.5, 0.6) is 11.5 Å². The monoisotopic (exact) mass is 317 g/mol. The average molecular weight is 318 g/mol. The van der Waals surface area contributed by atoms with Gasteiger partial charge in [0.05, 0.1) is 20.2 Å². The van der Waals surface area contributed by atoms with E-state index >= 15 is 0 Å². The summed E-state index contributed by atoms with van der Waals surface area (Å²) in [4.78, 5) is 11.0. The zero-order chi connectivity index (χ0) is 16.1. The van der Waals surface area contributed by atoms with Gasteiger partial charge in [0.2, 0.25) is 0 Å². The number of hydrogen-bond acceptors (Lipinski definition) is 4. The first-order valence-electron chi connectivity index (χ1n) is 6.46. The van der Waals surface area contributed by atoms with Gasteiger partial charge in [0, 0.05) is 5.02 Å². The van der Waals surface area contributed by atoms with Crippen molar-refractivity contribution in [3.05, 3.63) is 64.7 Å². The van der Waals surface area contributed by atoms with Crippen molar-refractivity contribution < 1.29 is 19.4 Å². The van der Waals surface area contributed by atoms with Crippen molar-refractivity contribution in [2.45, 2.75) is 0 Å². The van der Waals surface area contributed by atoms with E-state index in [-0.39, 0.29) is 0 Å². The van der Waals surface area contributed by atoms with E-state index in [0.29, 0.717) is 33.2 Å². The second kappa shape index (κ2) is 7.00. The number of carboxylic acid groups (broad SMARTS) is 1. The molecule has 0 aliphatic heterocycles. The van der Waals surface area contributed by atoms with E-state index in [1.54, 1.807) is 42.5 Å². The average Bonchev–Trinajstić information content (AvgIpc) is 2.52. The van der Waals surface area contributed by atoms with Crippen LogP contribution in [0.3, 0.4) is 0 Å². The van der Waals surface area contributed by atoms with Crippen LogP contribution in [0.15, 0.2) is 48.5 Å². The molecule has 0 bridgehead atoms. The van der Waals surface area contributed by atoms with Crippen LogP contribution in [0, 0.1) is 0 Å². The molecule has 0 amide bonds. The largest absolute Gasteiger partial charge is 0.545 e. The van der Waals surface area contributed by atoms with Crippen molar-refractivity contribution in [1.82, 2.24) is 0 Å². The minimum absolute atomic E-state index is 0.498. The zero-order valence-electron chi connectivity index (χ0n) is 12.1. The molecule has 22 heavy (non-hydrogen) atoms. The molecule has 0 fully saturated rings. The van der Waals surface area contributed by atoms with Crippen LogP contribution in [-0.4, -0.2) is 20.2 Å². The van der Waals surface area contributed by atoms with Gasteiger partial charge in [-0.15, -0.1) is 0 Å². The molecule has 0 saturated heterocycles. The van der Waals surface area contributed by atoms with Crippen molar-refractivity contribution in [2.75, 3.05) is 14.2 Å². The normalized spacial score (nSPS) is 11.1. The molecule has 0 radical (unpaired) electrons. The molecule has 0 aliphatic carbocycles. The fourth-order valence-corrected chi connectivity index (χ4v) is 2.21. The number of carbonyl (C=O) groups is 1. The zero-order valence-corrected chi connectivity index (χ0v) is 12.9. The maximum absolute atomic E-state index is 11.0. The molecule has 0 atom stereocenters. The van der Waals surface area contributed by atoms with Crippen LogP contribution in [-0.2, 0) is 4.79 Å². The van der Waals surface area contributed by atoms with Gasteiger partial charge in [-0.3, -0.25) is 0 Å². The van der Waals surface area contributed by atoms with Gasteiger partial charge in [-0.25, -0.2) is 0 Å². The fourth-order valence-electron chi connectivity index (χ4n) is 2.08. The third-order valence-electron chi connectivity index (χ3n) is 3.11. The first-order valence-corrected chi connectivity index (χ1v) is 6.84. The first kappa shape index (κ1) is 15.9. The van der Waals surface area contributed by atoms with Crippen LogP contribution in [0.1, 0.15) is 11.1 Å². The predicted molar refractivity (Wildman–Crippen MR) is 83.1 cm³/mol. The van der Waals surface area contributed by atoms with Gasteiger partial charge < -0.3 is 19.4 Å². The Kier molecular flexibility index (Phi) is 5.07. The van der Waals surface area contributed by atoms with Gasteiger partial charge in [0.15, 0.2) is 11.5 Å². The third-order valence-corrected chi connectivity index (χ3v) is 3.36. The lowest BCUT2D eigenvalue weighted by atomic mass is 9.97. The predicted octanol–water partition coefficient (Wildman–Crippen LogP) is 2.54. The summed E-state index contributed by atoms with van der Waals surface area (Å²) in [5.74, 6) is -0.201. The Morgan fingerprint density at radius 1 is 1.00 bits per heavy atom. The molecule has 0 aliphatic rings. The number of aliphatic carboxylic acids is 1. The van der Waals surface area contributed by atoms with Crippen molar-refractivity contribution >= 4 is 23.1 Å². The summed E-state index contributed by atoms with van der Waals surface area (Å²) in [7, 11) is 3.06. The van der Waals surface area contributed by atoms with Crippen molar-refractivity contribution in [3.8, 4) is 11.5 Å². The number of ether oxygens (including phenoxy) is 2. The van der Waals surface area contributed by atoms with Crippen molar-refractivity contribution in [1.29, 1.82) is 0 Å². The summed E-state index contributed by atoms with van der Waals surface area (Å²) >= 11 is 5.87. The Bertz CT molecular complexity index is 705. The minimum Gasteiger partial charge on any atom is -0.545 e. The molecule has 0 N–H and O–H groups in total. The van der Waals surface area contributed by atoms with Crippen molar-refractivity contribution in [3.63, 3.8) is 0 Å². The minimum atomic E-state index is -1.28. The molecule has 2 rings (SSSR count). The van der Waals surface area contributed by atoms with E-state index in [1.807, 2.05) is 0 Å². The van der Waals surface area contributed by atoms with Gasteiger partial charge in [-0.2, -0.15) is 0 Å². The Labute approximate surface area is 133 Å². The van der Waals surface area contributed by atoms with Gasteiger partial charge >= 0.3 is 0 Å². The van der Waals surface area contributed by atoms with Gasteiger partial charge in [0.1, 0.15) is 0 Å². The van der Waals surface area contributed by atoms with Crippen LogP contribution < -0.4 is 14.6 Å². The second-order valence-electron chi connectivity index (χ2n) is 4.45. The highest BCUT2D eigenvalue weighted by molar-refractivity contribution is 6.30. The Morgan fingerprint density at radius 2 is 1.59 bits per heavy atom. The van der Waals surface area contributed by atoms with Gasteiger partial charge in [0.25, 0.3) is 0 Å². The van der Waals surface area contributed by atoms with E-state index in [4.69, 9.17) is 21.1 Å². The number of hydrogen-bond donors (Lipinski definition) is 0. The molecule has 114 valence electrons. The molecule has 0 saturated carbocycles. The summed E-state index contributed by atoms with van der Waals surface area (Å²) in [5.41, 5.74) is 1.88. The molecule has 4 nitrogen and oxygen atoms in total. The quantitative estimate of drug-likeness (QED) is 0.795. The van der Waals surface area contributed by atoms with Crippen LogP contribution in [0.4, 0.5) is 0 Å². The standard InChI is InChI=1S/C17H15ClO4/c1-21-15-8-5-12(9-16(15)22-2)14(10-17(19)20)11-3-6-13(18)7-4-11/h3-10H,1-2H3,(H,19,20)/p-1/b14-10+. The lowest BCUT2D eigenvalue weighted by molar-refractivity contribution is -0.297. The maximum atomic E-state index is 11.0. The topological polar surface area (TPSA) is 58.6 Å². The highest BCUT2D eigenvalue weighted by Gasteiger charge is 2.10. The summed E-state index contributed by atoms with van der Waals surface area (Å²) in [6.45, 7) is 0. The number of halogens is 1. The summed E-state index contributed by atoms with van der Waals surface area (Å²) in [5, 5.41) is 11.6. The Morgan fingerprint density at radius 3 is 2.14 bits per heavy atom. The maximum Gasteiger partial charge on any atom is 0.161 e. The van der Waals surface area contributed by atoms with Crippen LogP contribution >= 0.6 is 11.6 Å². The summed E-state index contributed by atoms with van der Waals surface area (Å²) in [6, 6.07) is 12.1. The van der Waals surface area contributed by atoms with E-state index < -0.39 is 5.97 Å². The SMILES string of the molecule is COc1ccc(/C(=C/C(=O)[O-])c2ccc(Cl)cc2)cc1OC. The number of carbonyl (C=O) groups excluding carboxylic acids is 1. The molecule has 0 heterocycles.